The van der Waals surface area contributed by atoms with Gasteiger partial charge in [0.1, 0.15) is 11.8 Å². The summed E-state index contributed by atoms with van der Waals surface area (Å²) in [4.78, 5) is 11.4. The van der Waals surface area contributed by atoms with Crippen LogP contribution in [-0.2, 0) is 4.79 Å². The first kappa shape index (κ1) is 15.9. The highest BCUT2D eigenvalue weighted by molar-refractivity contribution is 6.38. The summed E-state index contributed by atoms with van der Waals surface area (Å²) in [5, 5.41) is 9.31. The van der Waals surface area contributed by atoms with Gasteiger partial charge in [0, 0.05) is 17.2 Å². The molecule has 0 bridgehead atoms. The summed E-state index contributed by atoms with van der Waals surface area (Å²) in [6, 6.07) is 4.63. The Morgan fingerprint density at radius 2 is 1.90 bits per heavy atom. The van der Waals surface area contributed by atoms with Crippen molar-refractivity contribution in [3.63, 3.8) is 0 Å². The van der Waals surface area contributed by atoms with E-state index in [4.69, 9.17) is 33.2 Å². The van der Waals surface area contributed by atoms with E-state index in [9.17, 15) is 4.79 Å². The molecule has 110 valence electrons. The van der Waals surface area contributed by atoms with Crippen molar-refractivity contribution in [2.75, 3.05) is 0 Å². The Hall–Kier alpha value is -1.50. The molecule has 0 unspecified atom stereocenters. The van der Waals surface area contributed by atoms with Crippen molar-refractivity contribution < 1.29 is 9.53 Å². The van der Waals surface area contributed by atoms with Gasteiger partial charge >= 0.3 is 0 Å². The summed E-state index contributed by atoms with van der Waals surface area (Å²) in [5.41, 5.74) is 0.401. The lowest BCUT2D eigenvalue weighted by Crippen LogP contribution is -2.19. The molecule has 3 nitrogen and oxygen atoms in total. The number of halogens is 2. The number of ketones is 1. The van der Waals surface area contributed by atoms with E-state index >= 15 is 0 Å². The third kappa shape index (κ3) is 3.78. The summed E-state index contributed by atoms with van der Waals surface area (Å²) < 4.78 is 5.89. The van der Waals surface area contributed by atoms with Crippen molar-refractivity contribution in [3.05, 3.63) is 34.3 Å². The number of carbonyl (C=O) groups is 1. The molecule has 0 aromatic heterocycles. The average Bonchev–Trinajstić information content (AvgIpc) is 2.50. The molecule has 0 aliphatic heterocycles. The number of Topliss-reactive ketones (excluding diaryl/α,β-unsaturated/α-hetero) is 1. The summed E-state index contributed by atoms with van der Waals surface area (Å²) in [5.74, 6) is -0.219. The standard InChI is InChI=1S/C16H15Cl2NO2/c1-10(15(20)9-19)12-7-14(18)16(8-13(12)17)21-11-5-3-2-4-6-11/h7-8,11H,1-6H2. The molecule has 0 heterocycles. The Morgan fingerprint density at radius 3 is 2.52 bits per heavy atom. The first-order valence-electron chi connectivity index (χ1n) is 6.82. The number of hydrogen-bond acceptors (Lipinski definition) is 3. The van der Waals surface area contributed by atoms with Gasteiger partial charge in [0.2, 0.25) is 0 Å². The van der Waals surface area contributed by atoms with Crippen LogP contribution in [0.3, 0.4) is 0 Å². The molecule has 1 aliphatic carbocycles. The topological polar surface area (TPSA) is 50.1 Å². The molecule has 1 aromatic rings. The number of hydrogen-bond donors (Lipinski definition) is 0. The number of allylic oxidation sites excluding steroid dienone is 1. The van der Waals surface area contributed by atoms with Crippen molar-refractivity contribution >= 4 is 34.6 Å². The van der Waals surface area contributed by atoms with Crippen molar-refractivity contribution in [1.82, 2.24) is 0 Å². The SMILES string of the molecule is C=C(C(=O)C#N)c1cc(Cl)c(OC2CCCCC2)cc1Cl. The first-order chi connectivity index (χ1) is 10.0. The highest BCUT2D eigenvalue weighted by Crippen LogP contribution is 2.36. The van der Waals surface area contributed by atoms with Gasteiger partial charge in [-0.3, -0.25) is 4.79 Å². The van der Waals surface area contributed by atoms with E-state index in [1.54, 1.807) is 6.07 Å². The maximum Gasteiger partial charge on any atom is 0.262 e. The van der Waals surface area contributed by atoms with Crippen LogP contribution in [0, 0.1) is 11.3 Å². The van der Waals surface area contributed by atoms with Crippen molar-refractivity contribution in [2.45, 2.75) is 38.2 Å². The van der Waals surface area contributed by atoms with Crippen LogP contribution < -0.4 is 4.74 Å². The van der Waals surface area contributed by atoms with Gasteiger partial charge in [0.15, 0.2) is 0 Å². The van der Waals surface area contributed by atoms with E-state index in [-0.39, 0.29) is 11.7 Å². The zero-order valence-electron chi connectivity index (χ0n) is 11.5. The Bertz CT molecular complexity index is 613. The van der Waals surface area contributed by atoms with Gasteiger partial charge in [-0.25, -0.2) is 0 Å². The van der Waals surface area contributed by atoms with E-state index in [0.717, 1.165) is 25.7 Å². The number of benzene rings is 1. The summed E-state index contributed by atoms with van der Waals surface area (Å²) >= 11 is 12.3. The maximum absolute atomic E-state index is 11.4. The molecule has 0 radical (unpaired) electrons. The molecule has 2 rings (SSSR count). The Balaban J connectivity index is 2.22. The van der Waals surface area contributed by atoms with Crippen LogP contribution in [-0.4, -0.2) is 11.9 Å². The molecule has 1 aromatic carbocycles. The molecule has 0 atom stereocenters. The fraction of sp³-hybridized carbons (Fsp3) is 0.375. The van der Waals surface area contributed by atoms with E-state index in [1.807, 2.05) is 0 Å². The van der Waals surface area contributed by atoms with Gasteiger partial charge < -0.3 is 4.74 Å². The van der Waals surface area contributed by atoms with Crippen LogP contribution in [0.4, 0.5) is 0 Å². The van der Waals surface area contributed by atoms with Crippen LogP contribution in [0.5, 0.6) is 5.75 Å². The normalized spacial score (nSPS) is 15.3. The predicted molar refractivity (Wildman–Crippen MR) is 83.6 cm³/mol. The molecular formula is C16H15Cl2NO2. The number of rotatable bonds is 4. The minimum atomic E-state index is -0.728. The van der Waals surface area contributed by atoms with E-state index in [1.165, 1.54) is 18.6 Å². The van der Waals surface area contributed by atoms with Gasteiger partial charge in [-0.15, -0.1) is 0 Å². The van der Waals surface area contributed by atoms with Crippen molar-refractivity contribution in [2.24, 2.45) is 0 Å². The van der Waals surface area contributed by atoms with E-state index in [0.29, 0.717) is 21.4 Å². The second kappa shape index (κ2) is 6.98. The first-order valence-corrected chi connectivity index (χ1v) is 7.58. The molecule has 0 spiro atoms. The Labute approximate surface area is 134 Å². The monoisotopic (exact) mass is 323 g/mol. The van der Waals surface area contributed by atoms with Gasteiger partial charge in [-0.1, -0.05) is 36.2 Å². The van der Waals surface area contributed by atoms with Crippen LogP contribution in [0.1, 0.15) is 37.7 Å². The highest BCUT2D eigenvalue weighted by Gasteiger charge is 2.19. The van der Waals surface area contributed by atoms with Gasteiger partial charge in [-0.2, -0.15) is 5.26 Å². The maximum atomic E-state index is 11.4. The smallest absolute Gasteiger partial charge is 0.262 e. The third-order valence-electron chi connectivity index (χ3n) is 3.57. The molecule has 5 heteroatoms. The lowest BCUT2D eigenvalue weighted by Gasteiger charge is -2.24. The molecule has 0 saturated heterocycles. The lowest BCUT2D eigenvalue weighted by atomic mass is 9.97. The van der Waals surface area contributed by atoms with Crippen LogP contribution in [0.15, 0.2) is 18.7 Å². The fourth-order valence-electron chi connectivity index (χ4n) is 2.40. The van der Waals surface area contributed by atoms with E-state index in [2.05, 4.69) is 6.58 Å². The average molecular weight is 324 g/mol. The largest absolute Gasteiger partial charge is 0.489 e. The van der Waals surface area contributed by atoms with Crippen LogP contribution in [0.2, 0.25) is 10.0 Å². The van der Waals surface area contributed by atoms with E-state index < -0.39 is 5.78 Å². The zero-order valence-corrected chi connectivity index (χ0v) is 13.0. The summed E-state index contributed by atoms with van der Waals surface area (Å²) in [6.45, 7) is 3.59. The number of nitriles is 1. The quantitative estimate of drug-likeness (QED) is 0.590. The number of ether oxygens (including phenoxy) is 1. The Kier molecular flexibility index (Phi) is 5.27. The molecular weight excluding hydrogens is 309 g/mol. The molecule has 1 saturated carbocycles. The lowest BCUT2D eigenvalue weighted by molar-refractivity contribution is -0.109. The van der Waals surface area contributed by atoms with Gasteiger partial charge in [0.05, 0.1) is 16.1 Å². The number of carbonyl (C=O) groups excluding carboxylic acids is 1. The minimum Gasteiger partial charge on any atom is -0.489 e. The highest BCUT2D eigenvalue weighted by atomic mass is 35.5. The fourth-order valence-corrected chi connectivity index (χ4v) is 2.88. The molecule has 1 aliphatic rings. The summed E-state index contributed by atoms with van der Waals surface area (Å²) in [7, 11) is 0. The van der Waals surface area contributed by atoms with Gasteiger partial charge in [-0.05, 0) is 31.7 Å². The van der Waals surface area contributed by atoms with Crippen molar-refractivity contribution in [1.29, 1.82) is 5.26 Å². The van der Waals surface area contributed by atoms with Gasteiger partial charge in [0.25, 0.3) is 5.78 Å². The third-order valence-corrected chi connectivity index (χ3v) is 4.18. The molecule has 0 amide bonds. The number of nitrogens with zero attached hydrogens (tertiary/aromatic N) is 1. The zero-order chi connectivity index (χ0) is 15.4. The predicted octanol–water partition coefficient (Wildman–Crippen LogP) is 4.81. The second-order valence-corrected chi connectivity index (χ2v) is 5.87. The molecule has 0 N–H and O–H groups in total. The molecule has 1 fully saturated rings. The van der Waals surface area contributed by atoms with Crippen LogP contribution >= 0.6 is 23.2 Å². The van der Waals surface area contributed by atoms with Crippen molar-refractivity contribution in [3.8, 4) is 11.8 Å². The van der Waals surface area contributed by atoms with Crippen LogP contribution in [0.25, 0.3) is 5.57 Å². The Morgan fingerprint density at radius 1 is 1.24 bits per heavy atom. The minimum absolute atomic E-state index is 0.0358. The molecule has 21 heavy (non-hydrogen) atoms. The summed E-state index contributed by atoms with van der Waals surface area (Å²) in [6.07, 6.45) is 5.72. The second-order valence-electron chi connectivity index (χ2n) is 5.06.